The van der Waals surface area contributed by atoms with Gasteiger partial charge in [0, 0.05) is 38.2 Å². The van der Waals surface area contributed by atoms with Gasteiger partial charge >= 0.3 is 0 Å². The zero-order valence-corrected chi connectivity index (χ0v) is 24.2. The van der Waals surface area contributed by atoms with E-state index in [0.717, 1.165) is 43.8 Å². The average Bonchev–Trinajstić information content (AvgIpc) is 3.48. The van der Waals surface area contributed by atoms with Gasteiger partial charge in [0.15, 0.2) is 11.5 Å². The molecule has 3 heterocycles. The molecule has 9 heteroatoms. The number of ketones is 1. The van der Waals surface area contributed by atoms with Crippen LogP contribution < -0.4 is 14.2 Å². The van der Waals surface area contributed by atoms with Gasteiger partial charge in [-0.3, -0.25) is 14.5 Å². The minimum Gasteiger partial charge on any atom is -0.507 e. The van der Waals surface area contributed by atoms with Crippen molar-refractivity contribution in [3.05, 3.63) is 58.7 Å². The van der Waals surface area contributed by atoms with Crippen LogP contribution in [0.2, 0.25) is 0 Å². The van der Waals surface area contributed by atoms with Crippen LogP contribution in [-0.2, 0) is 20.7 Å². The SMILES string of the molecule is CCCCOc1ccc([C@@H]2C(=C(O)c3ccc4c(c3)C[C@H](C)O4)C(=O)C(=O)N2CCCN2CCOCC2)cc1OC. The van der Waals surface area contributed by atoms with Crippen molar-refractivity contribution in [1.29, 1.82) is 0 Å². The van der Waals surface area contributed by atoms with Crippen LogP contribution in [0.15, 0.2) is 42.0 Å². The number of nitrogens with zero attached hydrogens (tertiary/aromatic N) is 2. The first-order chi connectivity index (χ1) is 19.9. The summed E-state index contributed by atoms with van der Waals surface area (Å²) in [7, 11) is 1.57. The van der Waals surface area contributed by atoms with E-state index < -0.39 is 17.7 Å². The zero-order valence-electron chi connectivity index (χ0n) is 24.2. The zero-order chi connectivity index (χ0) is 28.9. The fraction of sp³-hybridized carbons (Fsp3) is 0.500. The third-order valence-electron chi connectivity index (χ3n) is 7.95. The van der Waals surface area contributed by atoms with Gasteiger partial charge in [0.05, 0.1) is 38.5 Å². The van der Waals surface area contributed by atoms with Gasteiger partial charge in [0.1, 0.15) is 17.6 Å². The van der Waals surface area contributed by atoms with Crippen molar-refractivity contribution in [2.24, 2.45) is 0 Å². The van der Waals surface area contributed by atoms with Crippen LogP contribution in [0, 0.1) is 0 Å². The van der Waals surface area contributed by atoms with Gasteiger partial charge in [-0.05, 0) is 61.2 Å². The first-order valence-electron chi connectivity index (χ1n) is 14.6. The summed E-state index contributed by atoms with van der Waals surface area (Å²) in [5, 5.41) is 11.6. The minimum atomic E-state index is -0.762. The summed E-state index contributed by atoms with van der Waals surface area (Å²) in [5.41, 5.74) is 2.21. The Bertz CT molecular complexity index is 1300. The van der Waals surface area contributed by atoms with Crippen LogP contribution in [0.1, 0.15) is 55.8 Å². The smallest absolute Gasteiger partial charge is 0.295 e. The number of ether oxygens (including phenoxy) is 4. The molecule has 1 N–H and O–H groups in total. The molecule has 2 atom stereocenters. The Kier molecular flexibility index (Phi) is 9.15. The number of aliphatic hydroxyl groups excluding tert-OH is 1. The van der Waals surface area contributed by atoms with Gasteiger partial charge in [-0.2, -0.15) is 0 Å². The standard InChI is InChI=1S/C32H40N2O7/c1-4-5-15-40-26-10-7-22(20-27(26)38-3)29-28(30(35)23-8-9-25-24(19-23)18-21(2)41-25)31(36)32(37)34(29)12-6-11-33-13-16-39-17-14-33/h7-10,19-21,29,35H,4-6,11-18H2,1-3H3/t21-,29+/m0/s1. The lowest BCUT2D eigenvalue weighted by molar-refractivity contribution is -0.140. The van der Waals surface area contributed by atoms with Crippen LogP contribution >= 0.6 is 0 Å². The summed E-state index contributed by atoms with van der Waals surface area (Å²) in [6.07, 6.45) is 3.37. The molecule has 0 unspecified atom stereocenters. The first-order valence-corrected chi connectivity index (χ1v) is 14.6. The summed E-state index contributed by atoms with van der Waals surface area (Å²) in [6.45, 7) is 8.90. The summed E-state index contributed by atoms with van der Waals surface area (Å²) in [4.78, 5) is 30.9. The van der Waals surface area contributed by atoms with E-state index in [2.05, 4.69) is 11.8 Å². The quantitative estimate of drug-likeness (QED) is 0.186. The van der Waals surface area contributed by atoms with Crippen molar-refractivity contribution in [3.8, 4) is 17.2 Å². The topological polar surface area (TPSA) is 97.8 Å². The van der Waals surface area contributed by atoms with E-state index in [0.29, 0.717) is 61.8 Å². The molecule has 0 spiro atoms. The molecule has 2 saturated heterocycles. The number of carbonyl (C=O) groups is 2. The molecule has 2 aromatic rings. The number of likely N-dealkylation sites (tertiary alicyclic amines) is 1. The Balaban J connectivity index is 1.50. The first kappa shape index (κ1) is 29.0. The monoisotopic (exact) mass is 564 g/mol. The largest absolute Gasteiger partial charge is 0.507 e. The number of fused-ring (bicyclic) bond motifs is 1. The average molecular weight is 565 g/mol. The van der Waals surface area contributed by atoms with Gasteiger partial charge in [-0.1, -0.05) is 19.4 Å². The van der Waals surface area contributed by atoms with Gasteiger partial charge in [-0.25, -0.2) is 0 Å². The van der Waals surface area contributed by atoms with Crippen molar-refractivity contribution in [2.45, 2.75) is 51.7 Å². The number of unbranched alkanes of at least 4 members (excludes halogenated alkanes) is 1. The molecule has 9 nitrogen and oxygen atoms in total. The predicted molar refractivity (Wildman–Crippen MR) is 155 cm³/mol. The maximum atomic E-state index is 13.5. The Morgan fingerprint density at radius 2 is 1.85 bits per heavy atom. The molecule has 0 aliphatic carbocycles. The maximum Gasteiger partial charge on any atom is 0.295 e. The summed E-state index contributed by atoms with van der Waals surface area (Å²) < 4.78 is 22.8. The van der Waals surface area contributed by atoms with E-state index >= 15 is 0 Å². The Morgan fingerprint density at radius 1 is 1.05 bits per heavy atom. The van der Waals surface area contributed by atoms with E-state index in [-0.39, 0.29) is 17.4 Å². The summed E-state index contributed by atoms with van der Waals surface area (Å²) in [6, 6.07) is 10.1. The fourth-order valence-corrected chi connectivity index (χ4v) is 5.77. The molecule has 0 saturated carbocycles. The minimum absolute atomic E-state index is 0.0463. The second kappa shape index (κ2) is 13.0. The third-order valence-corrected chi connectivity index (χ3v) is 7.95. The molecule has 1 amide bonds. The number of benzene rings is 2. The molecule has 0 radical (unpaired) electrons. The highest BCUT2D eigenvalue weighted by Gasteiger charge is 2.46. The van der Waals surface area contributed by atoms with Crippen molar-refractivity contribution in [1.82, 2.24) is 9.80 Å². The molecule has 2 aromatic carbocycles. The van der Waals surface area contributed by atoms with Crippen molar-refractivity contribution >= 4 is 17.4 Å². The highest BCUT2D eigenvalue weighted by molar-refractivity contribution is 6.46. The molecule has 3 aliphatic rings. The lowest BCUT2D eigenvalue weighted by Crippen LogP contribution is -2.39. The van der Waals surface area contributed by atoms with Crippen molar-refractivity contribution < 1.29 is 33.6 Å². The van der Waals surface area contributed by atoms with Gasteiger partial charge in [0.25, 0.3) is 11.7 Å². The number of aliphatic hydroxyl groups is 1. The lowest BCUT2D eigenvalue weighted by Gasteiger charge is -2.29. The highest BCUT2D eigenvalue weighted by atomic mass is 16.5. The molecular weight excluding hydrogens is 524 g/mol. The second-order valence-electron chi connectivity index (χ2n) is 10.9. The van der Waals surface area contributed by atoms with Crippen LogP contribution in [0.3, 0.4) is 0 Å². The van der Waals surface area contributed by atoms with Crippen molar-refractivity contribution in [3.63, 3.8) is 0 Å². The van der Waals surface area contributed by atoms with Gasteiger partial charge in [0.2, 0.25) is 0 Å². The molecular formula is C32H40N2O7. The maximum absolute atomic E-state index is 13.5. The number of carbonyl (C=O) groups excluding carboxylic acids is 2. The number of methoxy groups -OCH3 is 1. The number of hydrogen-bond donors (Lipinski definition) is 1. The molecule has 3 aliphatic heterocycles. The van der Waals surface area contributed by atoms with E-state index in [4.69, 9.17) is 18.9 Å². The third kappa shape index (κ3) is 6.21. The molecule has 41 heavy (non-hydrogen) atoms. The Labute approximate surface area is 241 Å². The highest BCUT2D eigenvalue weighted by Crippen LogP contribution is 2.43. The van der Waals surface area contributed by atoms with Gasteiger partial charge in [-0.15, -0.1) is 0 Å². The van der Waals surface area contributed by atoms with E-state index in [1.54, 1.807) is 24.1 Å². The van der Waals surface area contributed by atoms with Crippen LogP contribution in [0.25, 0.3) is 5.76 Å². The normalized spacial score (nSPS) is 22.1. The number of amides is 1. The molecule has 2 fully saturated rings. The number of Topliss-reactive ketones (excluding diaryl/α,β-unsaturated/α-hetero) is 1. The molecule has 0 aromatic heterocycles. The summed E-state index contributed by atoms with van der Waals surface area (Å²) >= 11 is 0. The van der Waals surface area contributed by atoms with Crippen LogP contribution in [-0.4, -0.2) is 85.8 Å². The Hall–Kier alpha value is -3.56. The Morgan fingerprint density at radius 3 is 2.61 bits per heavy atom. The molecule has 0 bridgehead atoms. The van der Waals surface area contributed by atoms with E-state index in [1.807, 2.05) is 31.2 Å². The van der Waals surface area contributed by atoms with E-state index in [1.165, 1.54) is 0 Å². The fourth-order valence-electron chi connectivity index (χ4n) is 5.77. The number of rotatable bonds is 11. The number of morpholine rings is 1. The molecule has 5 rings (SSSR count). The van der Waals surface area contributed by atoms with Gasteiger partial charge < -0.3 is 29.0 Å². The summed E-state index contributed by atoms with van der Waals surface area (Å²) in [5.74, 6) is 0.402. The van der Waals surface area contributed by atoms with E-state index in [9.17, 15) is 14.7 Å². The predicted octanol–water partition coefficient (Wildman–Crippen LogP) is 4.34. The molecule has 220 valence electrons. The van der Waals surface area contributed by atoms with Crippen LogP contribution in [0.5, 0.6) is 17.2 Å². The van der Waals surface area contributed by atoms with Crippen LogP contribution in [0.4, 0.5) is 0 Å². The lowest BCUT2D eigenvalue weighted by atomic mass is 9.94. The van der Waals surface area contributed by atoms with Crippen molar-refractivity contribution in [2.75, 3.05) is 53.1 Å². The number of hydrogen-bond acceptors (Lipinski definition) is 8. The second-order valence-corrected chi connectivity index (χ2v) is 10.9.